The molecular formula is C28H26BrN3O6. The number of carboxylic acid groups (broad SMARTS) is 1. The van der Waals surface area contributed by atoms with Crippen molar-refractivity contribution >= 4 is 34.0 Å². The molecule has 0 saturated carbocycles. The van der Waals surface area contributed by atoms with Gasteiger partial charge in [-0.3, -0.25) is 4.79 Å². The minimum atomic E-state index is -1.06. The van der Waals surface area contributed by atoms with Gasteiger partial charge in [-0.05, 0) is 109 Å². The third kappa shape index (κ3) is 6.51. The number of amides is 1. The van der Waals surface area contributed by atoms with Crippen molar-refractivity contribution in [1.29, 1.82) is 0 Å². The van der Waals surface area contributed by atoms with Crippen molar-refractivity contribution in [2.75, 3.05) is 0 Å². The van der Waals surface area contributed by atoms with Gasteiger partial charge in [-0.2, -0.15) is 5.10 Å². The molecule has 0 aliphatic carbocycles. The van der Waals surface area contributed by atoms with Crippen LogP contribution < -0.4 is 14.9 Å². The van der Waals surface area contributed by atoms with E-state index in [0.717, 1.165) is 17.1 Å². The lowest BCUT2D eigenvalue weighted by molar-refractivity contribution is -0.144. The number of benzene rings is 2. The Balaban J connectivity index is 1.29. The third-order valence-electron chi connectivity index (χ3n) is 5.62. The summed E-state index contributed by atoms with van der Waals surface area (Å²) in [5.74, 6) is 0.0864. The van der Waals surface area contributed by atoms with Gasteiger partial charge in [0.05, 0.1) is 10.7 Å². The molecule has 1 atom stereocenters. The van der Waals surface area contributed by atoms with Crippen LogP contribution in [0.25, 0.3) is 5.69 Å². The average Bonchev–Trinajstić information content (AvgIpc) is 3.50. The summed E-state index contributed by atoms with van der Waals surface area (Å²) in [5.41, 5.74) is 6.44. The first-order valence-electron chi connectivity index (χ1n) is 11.7. The monoisotopic (exact) mass is 579 g/mol. The van der Waals surface area contributed by atoms with E-state index in [1.807, 2.05) is 24.3 Å². The molecule has 10 heteroatoms. The van der Waals surface area contributed by atoms with Crippen LogP contribution in [0.2, 0.25) is 0 Å². The Bertz CT molecular complexity index is 1450. The highest BCUT2D eigenvalue weighted by atomic mass is 79.9. The second-order valence-electron chi connectivity index (χ2n) is 8.49. The number of nitrogens with zero attached hydrogens (tertiary/aromatic N) is 2. The minimum Gasteiger partial charge on any atom is -0.486 e. The van der Waals surface area contributed by atoms with Gasteiger partial charge in [-0.25, -0.2) is 10.2 Å². The van der Waals surface area contributed by atoms with Crippen LogP contribution in [0.15, 0.2) is 80.7 Å². The van der Waals surface area contributed by atoms with Gasteiger partial charge >= 0.3 is 11.9 Å². The number of furan rings is 1. The number of hydrogen-bond acceptors (Lipinski definition) is 6. The zero-order valence-corrected chi connectivity index (χ0v) is 22.6. The topological polar surface area (TPSA) is 115 Å². The number of halogens is 1. The van der Waals surface area contributed by atoms with E-state index >= 15 is 0 Å². The number of carbonyl (C=O) groups excluding carboxylic acids is 1. The van der Waals surface area contributed by atoms with Crippen LogP contribution in [0.5, 0.6) is 11.5 Å². The van der Waals surface area contributed by atoms with Crippen molar-refractivity contribution in [1.82, 2.24) is 9.99 Å². The Morgan fingerprint density at radius 2 is 1.79 bits per heavy atom. The summed E-state index contributed by atoms with van der Waals surface area (Å²) in [6, 6.07) is 20.1. The Labute approximate surface area is 227 Å². The average molecular weight is 580 g/mol. The van der Waals surface area contributed by atoms with Crippen molar-refractivity contribution in [3.8, 4) is 17.2 Å². The number of carbonyl (C=O) groups is 2. The zero-order chi connectivity index (χ0) is 27.2. The number of rotatable bonds is 10. The molecule has 1 amide bonds. The summed E-state index contributed by atoms with van der Waals surface area (Å²) >= 11 is 3.34. The van der Waals surface area contributed by atoms with Crippen molar-refractivity contribution in [3.05, 3.63) is 99.7 Å². The smallest absolute Gasteiger partial charge is 0.344 e. The number of hydrogen-bond donors (Lipinski definition) is 2. The van der Waals surface area contributed by atoms with E-state index in [1.54, 1.807) is 30.3 Å². The van der Waals surface area contributed by atoms with Crippen LogP contribution in [0.4, 0.5) is 0 Å². The predicted octanol–water partition coefficient (Wildman–Crippen LogP) is 5.64. The number of hydrazone groups is 1. The Morgan fingerprint density at radius 1 is 1.08 bits per heavy atom. The highest BCUT2D eigenvalue weighted by Crippen LogP contribution is 2.26. The van der Waals surface area contributed by atoms with Crippen molar-refractivity contribution in [3.63, 3.8) is 0 Å². The zero-order valence-electron chi connectivity index (χ0n) is 21.0. The predicted molar refractivity (Wildman–Crippen MR) is 145 cm³/mol. The van der Waals surface area contributed by atoms with Crippen LogP contribution in [0.3, 0.4) is 0 Å². The van der Waals surface area contributed by atoms with E-state index < -0.39 is 18.0 Å². The van der Waals surface area contributed by atoms with E-state index in [-0.39, 0.29) is 12.4 Å². The summed E-state index contributed by atoms with van der Waals surface area (Å²) in [6.45, 7) is 5.73. The molecule has 196 valence electrons. The highest BCUT2D eigenvalue weighted by molar-refractivity contribution is 9.10. The van der Waals surface area contributed by atoms with Gasteiger partial charge in [0, 0.05) is 17.1 Å². The SMILES string of the molecule is Cc1ccc(C)n1-c1ccc(OCc2ccc(C(=O)N/N=C/c3ccc(O[C@@H](C)C(=O)O)c(Br)c3)o2)cc1. The molecule has 2 aromatic carbocycles. The van der Waals surface area contributed by atoms with Gasteiger partial charge in [0.15, 0.2) is 11.9 Å². The van der Waals surface area contributed by atoms with Gasteiger partial charge < -0.3 is 23.6 Å². The van der Waals surface area contributed by atoms with Crippen molar-refractivity contribution < 1.29 is 28.6 Å². The molecule has 9 nitrogen and oxygen atoms in total. The number of nitrogens with one attached hydrogen (secondary N) is 1. The van der Waals surface area contributed by atoms with Crippen molar-refractivity contribution in [2.45, 2.75) is 33.5 Å². The van der Waals surface area contributed by atoms with Gasteiger partial charge in [0.2, 0.25) is 0 Å². The van der Waals surface area contributed by atoms with Gasteiger partial charge in [0.1, 0.15) is 23.9 Å². The van der Waals surface area contributed by atoms with E-state index in [9.17, 15) is 9.59 Å². The number of carboxylic acids is 1. The Morgan fingerprint density at radius 3 is 2.45 bits per heavy atom. The lowest BCUT2D eigenvalue weighted by Crippen LogP contribution is -2.23. The summed E-state index contributed by atoms with van der Waals surface area (Å²) in [7, 11) is 0. The number of aromatic nitrogens is 1. The van der Waals surface area contributed by atoms with Gasteiger partial charge in [-0.1, -0.05) is 0 Å². The molecule has 2 N–H and O–H groups in total. The maximum atomic E-state index is 12.4. The highest BCUT2D eigenvalue weighted by Gasteiger charge is 2.14. The van der Waals surface area contributed by atoms with Crippen LogP contribution in [-0.2, 0) is 11.4 Å². The molecule has 2 aromatic heterocycles. The lowest BCUT2D eigenvalue weighted by Gasteiger charge is -2.12. The first-order chi connectivity index (χ1) is 18.2. The number of aliphatic carboxylic acids is 1. The fourth-order valence-corrected chi connectivity index (χ4v) is 4.14. The van der Waals surface area contributed by atoms with E-state index in [0.29, 0.717) is 27.3 Å². The molecule has 0 saturated heterocycles. The molecule has 0 aliphatic heterocycles. The minimum absolute atomic E-state index is 0.0993. The quantitative estimate of drug-likeness (QED) is 0.185. The molecule has 0 aliphatic rings. The third-order valence-corrected chi connectivity index (χ3v) is 6.24. The van der Waals surface area contributed by atoms with Crippen LogP contribution in [-0.4, -0.2) is 33.9 Å². The first-order valence-corrected chi connectivity index (χ1v) is 12.5. The van der Waals surface area contributed by atoms with E-state index in [4.69, 9.17) is 19.0 Å². The fraction of sp³-hybridized carbons (Fsp3) is 0.179. The lowest BCUT2D eigenvalue weighted by atomic mass is 10.2. The molecule has 0 unspecified atom stereocenters. The van der Waals surface area contributed by atoms with Gasteiger partial charge in [-0.15, -0.1) is 0 Å². The Kier molecular flexibility index (Phi) is 8.32. The van der Waals surface area contributed by atoms with Crippen molar-refractivity contribution in [2.24, 2.45) is 5.10 Å². The molecule has 2 heterocycles. The van der Waals surface area contributed by atoms with Gasteiger partial charge in [0.25, 0.3) is 0 Å². The van der Waals surface area contributed by atoms with E-state index in [2.05, 4.69) is 57.0 Å². The number of aryl methyl sites for hydroxylation is 2. The molecule has 0 radical (unpaired) electrons. The Hall–Kier alpha value is -4.31. The summed E-state index contributed by atoms with van der Waals surface area (Å²) < 4.78 is 19.5. The summed E-state index contributed by atoms with van der Waals surface area (Å²) in [5, 5.41) is 12.9. The normalized spacial score (nSPS) is 11.9. The number of ether oxygens (including phenoxy) is 2. The van der Waals surface area contributed by atoms with E-state index in [1.165, 1.54) is 13.1 Å². The largest absolute Gasteiger partial charge is 0.486 e. The summed E-state index contributed by atoms with van der Waals surface area (Å²) in [4.78, 5) is 23.3. The maximum Gasteiger partial charge on any atom is 0.344 e. The second-order valence-corrected chi connectivity index (χ2v) is 9.34. The van der Waals surface area contributed by atoms with Crippen LogP contribution >= 0.6 is 15.9 Å². The maximum absolute atomic E-state index is 12.4. The molecular weight excluding hydrogens is 554 g/mol. The fourth-order valence-electron chi connectivity index (χ4n) is 3.65. The first kappa shape index (κ1) is 26.7. The standard InChI is InChI=1S/C28H26BrN3O6/c1-17-4-5-18(2)32(17)21-7-9-22(10-8-21)36-16-23-11-13-26(38-23)27(33)31-30-15-20-6-12-25(24(29)14-20)37-19(3)28(34)35/h4-15,19H,16H2,1-3H3,(H,31,33)(H,34,35)/b30-15+/t19-/m0/s1. The summed E-state index contributed by atoms with van der Waals surface area (Å²) in [6.07, 6.45) is 0.457. The molecule has 0 fully saturated rings. The molecule has 38 heavy (non-hydrogen) atoms. The molecule has 0 bridgehead atoms. The molecule has 0 spiro atoms. The molecule has 4 aromatic rings. The molecule has 4 rings (SSSR count). The second kappa shape index (κ2) is 11.8. The van der Waals surface area contributed by atoms with Crippen LogP contribution in [0.1, 0.15) is 40.2 Å². The van der Waals surface area contributed by atoms with Crippen LogP contribution in [0, 0.1) is 13.8 Å².